The van der Waals surface area contributed by atoms with Crippen molar-refractivity contribution >= 4 is 17.2 Å². The number of hydrogen-bond donors (Lipinski definition) is 2. The Bertz CT molecular complexity index is 892. The van der Waals surface area contributed by atoms with E-state index < -0.39 is 27.9 Å². The van der Waals surface area contributed by atoms with Gasteiger partial charge in [0.1, 0.15) is 5.75 Å². The number of hydrogen-bond acceptors (Lipinski definition) is 8. The van der Waals surface area contributed by atoms with Gasteiger partial charge in [-0.3, -0.25) is 19.8 Å². The number of carbonyl (C=O) groups is 1. The third kappa shape index (κ3) is 4.57. The van der Waals surface area contributed by atoms with Crippen LogP contribution in [0, 0.1) is 10.1 Å². The van der Waals surface area contributed by atoms with Gasteiger partial charge in [0.15, 0.2) is 11.5 Å². The first-order valence-corrected chi connectivity index (χ1v) is 9.24. The van der Waals surface area contributed by atoms with E-state index in [-0.39, 0.29) is 12.0 Å². The van der Waals surface area contributed by atoms with E-state index in [9.17, 15) is 25.1 Å². The Hall–Kier alpha value is -3.33. The molecule has 0 atom stereocenters. The Kier molecular flexibility index (Phi) is 6.18. The van der Waals surface area contributed by atoms with Gasteiger partial charge < -0.3 is 19.8 Å². The molecule has 3 rings (SSSR count). The maximum atomic E-state index is 12.5. The normalized spacial score (nSPS) is 14.6. The van der Waals surface area contributed by atoms with E-state index in [1.165, 1.54) is 6.07 Å². The number of rotatable bonds is 7. The van der Waals surface area contributed by atoms with Gasteiger partial charge in [-0.2, -0.15) is 0 Å². The molecular formula is C20H23N3O6. The molecule has 2 N–H and O–H groups in total. The van der Waals surface area contributed by atoms with Crippen LogP contribution in [0.25, 0.3) is 0 Å². The molecule has 1 aliphatic rings. The third-order valence-electron chi connectivity index (χ3n) is 5.08. The molecule has 1 saturated heterocycles. The predicted molar refractivity (Wildman–Crippen MR) is 107 cm³/mol. The Balaban J connectivity index is 1.56. The maximum Gasteiger partial charge on any atom is 0.325 e. The van der Waals surface area contributed by atoms with Gasteiger partial charge in [-0.1, -0.05) is 0 Å². The lowest BCUT2D eigenvalue weighted by molar-refractivity contribution is -0.386. The van der Waals surface area contributed by atoms with E-state index >= 15 is 0 Å². The second kappa shape index (κ2) is 8.78. The van der Waals surface area contributed by atoms with Crippen molar-refractivity contribution < 1.29 is 24.7 Å². The van der Waals surface area contributed by atoms with Crippen LogP contribution in [0.15, 0.2) is 36.4 Å². The molecule has 1 heterocycles. The fourth-order valence-electron chi connectivity index (χ4n) is 3.40. The van der Waals surface area contributed by atoms with Crippen molar-refractivity contribution in [2.75, 3.05) is 44.7 Å². The lowest BCUT2D eigenvalue weighted by Gasteiger charge is -2.36. The summed E-state index contributed by atoms with van der Waals surface area (Å²) in [5.41, 5.74) is 0.165. The molecular weight excluding hydrogens is 378 g/mol. The number of nitro groups is 1. The monoisotopic (exact) mass is 401 g/mol. The number of nitrogens with zero attached hydrogens (tertiary/aromatic N) is 3. The van der Waals surface area contributed by atoms with Crippen molar-refractivity contribution in [3.63, 3.8) is 0 Å². The molecule has 0 radical (unpaired) electrons. The van der Waals surface area contributed by atoms with Gasteiger partial charge >= 0.3 is 5.69 Å². The van der Waals surface area contributed by atoms with E-state index in [1.807, 2.05) is 24.3 Å². The maximum absolute atomic E-state index is 12.5. The quantitative estimate of drug-likeness (QED) is 0.314. The molecule has 9 heteroatoms. The van der Waals surface area contributed by atoms with Crippen LogP contribution in [0.1, 0.15) is 16.8 Å². The molecule has 0 spiro atoms. The topological polar surface area (TPSA) is 116 Å². The van der Waals surface area contributed by atoms with Crippen molar-refractivity contribution in [3.05, 3.63) is 52.1 Å². The standard InChI is InChI=1S/C20H23N3O6/c1-29-15-4-2-14(3-5-15)22-12-10-21(11-13-22)9-8-17(24)16-6-7-18(25)20(26)19(16)23(27)28/h2-7,25-26H,8-13H2,1H3. The zero-order valence-electron chi connectivity index (χ0n) is 16.1. The summed E-state index contributed by atoms with van der Waals surface area (Å²) < 4.78 is 5.17. The van der Waals surface area contributed by atoms with Gasteiger partial charge in [0, 0.05) is 44.8 Å². The smallest absolute Gasteiger partial charge is 0.325 e. The highest BCUT2D eigenvalue weighted by Gasteiger charge is 2.27. The molecule has 0 aliphatic carbocycles. The molecule has 1 aliphatic heterocycles. The first kappa shape index (κ1) is 20.4. The second-order valence-corrected chi connectivity index (χ2v) is 6.79. The summed E-state index contributed by atoms with van der Waals surface area (Å²) >= 11 is 0. The van der Waals surface area contributed by atoms with Crippen LogP contribution < -0.4 is 9.64 Å². The Morgan fingerprint density at radius 3 is 2.34 bits per heavy atom. The molecule has 29 heavy (non-hydrogen) atoms. The average Bonchev–Trinajstić information content (AvgIpc) is 2.74. The number of carbonyl (C=O) groups excluding carboxylic acids is 1. The number of Topliss-reactive ketones (excluding diaryl/α,β-unsaturated/α-hetero) is 1. The summed E-state index contributed by atoms with van der Waals surface area (Å²) in [5, 5.41) is 30.3. The van der Waals surface area contributed by atoms with Crippen molar-refractivity contribution in [2.45, 2.75) is 6.42 Å². The van der Waals surface area contributed by atoms with E-state index in [2.05, 4.69) is 9.80 Å². The molecule has 2 aromatic carbocycles. The van der Waals surface area contributed by atoms with Crippen molar-refractivity contribution in [2.24, 2.45) is 0 Å². The van der Waals surface area contributed by atoms with Crippen LogP contribution in [0.5, 0.6) is 17.2 Å². The molecule has 0 aromatic heterocycles. The molecule has 2 aromatic rings. The highest BCUT2D eigenvalue weighted by molar-refractivity contribution is 6.01. The second-order valence-electron chi connectivity index (χ2n) is 6.79. The first-order chi connectivity index (χ1) is 13.9. The highest BCUT2D eigenvalue weighted by Crippen LogP contribution is 2.38. The lowest BCUT2D eigenvalue weighted by Crippen LogP contribution is -2.46. The van der Waals surface area contributed by atoms with Gasteiger partial charge in [-0.05, 0) is 36.4 Å². The van der Waals surface area contributed by atoms with Gasteiger partial charge in [-0.25, -0.2) is 0 Å². The molecule has 0 unspecified atom stereocenters. The fourth-order valence-corrected chi connectivity index (χ4v) is 3.40. The number of nitro benzene ring substituents is 1. The minimum Gasteiger partial charge on any atom is -0.504 e. The van der Waals surface area contributed by atoms with Crippen molar-refractivity contribution in [1.82, 2.24) is 4.90 Å². The summed E-state index contributed by atoms with van der Waals surface area (Å²) in [5.74, 6) is -1.14. The summed E-state index contributed by atoms with van der Waals surface area (Å²) in [6.45, 7) is 3.61. The SMILES string of the molecule is COc1ccc(N2CCN(CCC(=O)c3ccc(O)c(O)c3[N+](=O)[O-])CC2)cc1. The minimum atomic E-state index is -0.881. The number of phenols is 2. The summed E-state index contributed by atoms with van der Waals surface area (Å²) in [6, 6.07) is 10.1. The van der Waals surface area contributed by atoms with E-state index in [4.69, 9.17) is 4.74 Å². The van der Waals surface area contributed by atoms with Gasteiger partial charge in [0.05, 0.1) is 17.6 Å². The summed E-state index contributed by atoms with van der Waals surface area (Å²) in [7, 11) is 1.63. The zero-order valence-corrected chi connectivity index (χ0v) is 16.1. The van der Waals surface area contributed by atoms with Crippen LogP contribution in [0.2, 0.25) is 0 Å². The van der Waals surface area contributed by atoms with Crippen LogP contribution in [-0.4, -0.2) is 65.7 Å². The van der Waals surface area contributed by atoms with Crippen LogP contribution >= 0.6 is 0 Å². The van der Waals surface area contributed by atoms with Crippen LogP contribution in [-0.2, 0) is 0 Å². The highest BCUT2D eigenvalue weighted by atomic mass is 16.6. The van der Waals surface area contributed by atoms with Crippen LogP contribution in [0.3, 0.4) is 0 Å². The summed E-state index contributed by atoms with van der Waals surface area (Å²) in [6.07, 6.45) is 0.0909. The molecule has 9 nitrogen and oxygen atoms in total. The predicted octanol–water partition coefficient (Wildman–Crippen LogP) is 2.41. The van der Waals surface area contributed by atoms with Gasteiger partial charge in [-0.15, -0.1) is 0 Å². The van der Waals surface area contributed by atoms with Gasteiger partial charge in [0.2, 0.25) is 5.75 Å². The van der Waals surface area contributed by atoms with E-state index in [0.717, 1.165) is 43.7 Å². The van der Waals surface area contributed by atoms with E-state index in [1.54, 1.807) is 7.11 Å². The number of ketones is 1. The van der Waals surface area contributed by atoms with Gasteiger partial charge in [0.25, 0.3) is 0 Å². The summed E-state index contributed by atoms with van der Waals surface area (Å²) in [4.78, 5) is 27.2. The molecule has 0 bridgehead atoms. The molecule has 1 fully saturated rings. The minimum absolute atomic E-state index is 0.0909. The Labute approximate surface area is 167 Å². The number of benzene rings is 2. The number of ether oxygens (including phenoxy) is 1. The zero-order chi connectivity index (χ0) is 21.0. The third-order valence-corrected chi connectivity index (χ3v) is 5.08. The number of methoxy groups -OCH3 is 1. The Morgan fingerprint density at radius 2 is 1.76 bits per heavy atom. The van der Waals surface area contributed by atoms with E-state index in [0.29, 0.717) is 6.54 Å². The Morgan fingerprint density at radius 1 is 1.10 bits per heavy atom. The number of aromatic hydroxyl groups is 2. The number of piperazine rings is 1. The number of phenolic OH excluding ortho intramolecular Hbond substituents is 2. The fraction of sp³-hybridized carbons (Fsp3) is 0.350. The molecule has 154 valence electrons. The van der Waals surface area contributed by atoms with Crippen molar-refractivity contribution in [1.29, 1.82) is 0 Å². The average molecular weight is 401 g/mol. The molecule has 0 saturated carbocycles. The van der Waals surface area contributed by atoms with Crippen LogP contribution in [0.4, 0.5) is 11.4 Å². The lowest BCUT2D eigenvalue weighted by atomic mass is 10.0. The first-order valence-electron chi connectivity index (χ1n) is 9.24. The largest absolute Gasteiger partial charge is 0.504 e. The van der Waals surface area contributed by atoms with Crippen molar-refractivity contribution in [3.8, 4) is 17.2 Å². The molecule has 0 amide bonds. The number of anilines is 1.